The van der Waals surface area contributed by atoms with Crippen molar-refractivity contribution in [3.8, 4) is 11.3 Å². The van der Waals surface area contributed by atoms with Gasteiger partial charge in [-0.1, -0.05) is 24.3 Å². The predicted molar refractivity (Wildman–Crippen MR) is 116 cm³/mol. The molecule has 0 amide bonds. The number of halogens is 2. The smallest absolute Gasteiger partial charge is 0.135 e. The zero-order chi connectivity index (χ0) is 17.1. The molecule has 27 heavy (non-hydrogen) atoms. The van der Waals surface area contributed by atoms with E-state index in [2.05, 4.69) is 36.2 Å². The lowest BCUT2D eigenvalue weighted by atomic mass is 9.96. The van der Waals surface area contributed by atoms with Gasteiger partial charge in [0.2, 0.25) is 0 Å². The second-order valence-corrected chi connectivity index (χ2v) is 6.26. The van der Waals surface area contributed by atoms with Crippen LogP contribution in [0.3, 0.4) is 0 Å². The lowest BCUT2D eigenvalue weighted by Crippen LogP contribution is -2.11. The van der Waals surface area contributed by atoms with Gasteiger partial charge in [-0.2, -0.15) is 0 Å². The van der Waals surface area contributed by atoms with E-state index in [0.29, 0.717) is 0 Å². The molecule has 3 aromatic rings. The number of hydrogen-bond acceptors (Lipinski definition) is 3. The summed E-state index contributed by atoms with van der Waals surface area (Å²) in [6, 6.07) is 16.4. The van der Waals surface area contributed by atoms with Gasteiger partial charge in [-0.15, -0.1) is 24.8 Å². The van der Waals surface area contributed by atoms with E-state index in [1.54, 1.807) is 6.20 Å². The topological polar surface area (TPSA) is 38.4 Å². The number of aryl methyl sites for hydroxylation is 1. The van der Waals surface area contributed by atoms with Gasteiger partial charge in [0.1, 0.15) is 11.5 Å². The molecule has 3 nitrogen and oxygen atoms in total. The SMILES string of the molecule is Cc1ccccc1-c1ccc(C=C2CCCN=C2c2cccnc2)o1.Cl.Cl. The van der Waals surface area contributed by atoms with Crippen LogP contribution in [0.15, 0.2) is 75.9 Å². The van der Waals surface area contributed by atoms with Crippen LogP contribution in [0, 0.1) is 6.92 Å². The minimum absolute atomic E-state index is 0. The van der Waals surface area contributed by atoms with Crippen molar-refractivity contribution in [2.45, 2.75) is 19.8 Å². The van der Waals surface area contributed by atoms with Crippen LogP contribution in [0.4, 0.5) is 0 Å². The van der Waals surface area contributed by atoms with Crippen LogP contribution in [0.1, 0.15) is 29.7 Å². The van der Waals surface area contributed by atoms with Gasteiger partial charge in [-0.3, -0.25) is 9.98 Å². The predicted octanol–water partition coefficient (Wildman–Crippen LogP) is 6.16. The van der Waals surface area contributed by atoms with E-state index < -0.39 is 0 Å². The zero-order valence-corrected chi connectivity index (χ0v) is 16.7. The molecular weight excluding hydrogens is 379 g/mol. The maximum atomic E-state index is 6.09. The van der Waals surface area contributed by atoms with E-state index in [-0.39, 0.29) is 24.8 Å². The Kier molecular flexibility index (Phi) is 7.40. The average Bonchev–Trinajstić information content (AvgIpc) is 3.11. The third-order valence-corrected chi connectivity index (χ3v) is 4.47. The molecule has 0 saturated carbocycles. The van der Waals surface area contributed by atoms with Crippen LogP contribution in [0.2, 0.25) is 0 Å². The Morgan fingerprint density at radius 3 is 2.63 bits per heavy atom. The molecule has 5 heteroatoms. The highest BCUT2D eigenvalue weighted by Gasteiger charge is 2.15. The first-order valence-electron chi connectivity index (χ1n) is 8.63. The maximum absolute atomic E-state index is 6.09. The minimum Gasteiger partial charge on any atom is -0.457 e. The molecule has 0 unspecified atom stereocenters. The molecule has 1 aromatic carbocycles. The van der Waals surface area contributed by atoms with Crippen molar-refractivity contribution in [2.24, 2.45) is 4.99 Å². The fourth-order valence-corrected chi connectivity index (χ4v) is 3.20. The van der Waals surface area contributed by atoms with Crippen LogP contribution in [0.5, 0.6) is 0 Å². The lowest BCUT2D eigenvalue weighted by molar-refractivity contribution is 0.570. The molecular formula is C22H22Cl2N2O. The van der Waals surface area contributed by atoms with E-state index in [0.717, 1.165) is 47.7 Å². The Morgan fingerprint density at radius 2 is 1.85 bits per heavy atom. The largest absolute Gasteiger partial charge is 0.457 e. The van der Waals surface area contributed by atoms with E-state index >= 15 is 0 Å². The number of benzene rings is 1. The summed E-state index contributed by atoms with van der Waals surface area (Å²) >= 11 is 0. The molecule has 2 aromatic heterocycles. The highest BCUT2D eigenvalue weighted by Crippen LogP contribution is 2.28. The summed E-state index contributed by atoms with van der Waals surface area (Å²) in [5, 5.41) is 0. The first-order chi connectivity index (χ1) is 12.3. The van der Waals surface area contributed by atoms with Crippen molar-refractivity contribution < 1.29 is 4.42 Å². The molecule has 0 bridgehead atoms. The van der Waals surface area contributed by atoms with E-state index in [9.17, 15) is 0 Å². The molecule has 0 aliphatic carbocycles. The van der Waals surface area contributed by atoms with Crippen molar-refractivity contribution >= 4 is 36.6 Å². The van der Waals surface area contributed by atoms with Crippen molar-refractivity contribution in [3.63, 3.8) is 0 Å². The van der Waals surface area contributed by atoms with Gasteiger partial charge in [-0.25, -0.2) is 0 Å². The first kappa shape index (κ1) is 20.9. The van der Waals surface area contributed by atoms with E-state index in [4.69, 9.17) is 9.41 Å². The molecule has 140 valence electrons. The van der Waals surface area contributed by atoms with Crippen molar-refractivity contribution in [1.29, 1.82) is 0 Å². The second-order valence-electron chi connectivity index (χ2n) is 6.26. The molecule has 0 spiro atoms. The number of pyridine rings is 1. The molecule has 0 radical (unpaired) electrons. The fraction of sp³-hybridized carbons (Fsp3) is 0.182. The first-order valence-corrected chi connectivity index (χ1v) is 8.63. The quantitative estimate of drug-likeness (QED) is 0.527. The van der Waals surface area contributed by atoms with E-state index in [1.807, 2.05) is 36.5 Å². The molecule has 4 rings (SSSR count). The minimum atomic E-state index is 0. The van der Waals surface area contributed by atoms with Crippen LogP contribution in [-0.4, -0.2) is 17.2 Å². The van der Waals surface area contributed by atoms with Crippen molar-refractivity contribution in [1.82, 2.24) is 4.98 Å². The number of aromatic nitrogens is 1. The molecule has 0 saturated heterocycles. The summed E-state index contributed by atoms with van der Waals surface area (Å²) in [4.78, 5) is 8.95. The normalized spacial score (nSPS) is 14.9. The zero-order valence-electron chi connectivity index (χ0n) is 15.1. The van der Waals surface area contributed by atoms with Gasteiger partial charge in [0.15, 0.2) is 0 Å². The standard InChI is InChI=1S/C22H20N2O.2ClH/c1-16-6-2-3-9-20(16)21-11-10-19(25-21)14-17-7-5-13-24-22(17)18-8-4-12-23-15-18;;/h2-4,6,8-12,14-15H,5,7,13H2,1H3;2*1H. The number of aliphatic imine (C=N–C) groups is 1. The number of nitrogens with zero attached hydrogens (tertiary/aromatic N) is 2. The third-order valence-electron chi connectivity index (χ3n) is 4.47. The van der Waals surface area contributed by atoms with Crippen LogP contribution in [-0.2, 0) is 0 Å². The van der Waals surface area contributed by atoms with Crippen LogP contribution >= 0.6 is 24.8 Å². The molecule has 0 atom stereocenters. The van der Waals surface area contributed by atoms with Gasteiger partial charge in [-0.05, 0) is 61.2 Å². The van der Waals surface area contributed by atoms with Crippen LogP contribution in [0.25, 0.3) is 17.4 Å². The summed E-state index contributed by atoms with van der Waals surface area (Å²) in [7, 11) is 0. The van der Waals surface area contributed by atoms with Gasteiger partial charge in [0.25, 0.3) is 0 Å². The Morgan fingerprint density at radius 1 is 1.00 bits per heavy atom. The maximum Gasteiger partial charge on any atom is 0.135 e. The molecule has 1 aliphatic heterocycles. The highest BCUT2D eigenvalue weighted by atomic mass is 35.5. The third kappa shape index (κ3) is 4.68. The highest BCUT2D eigenvalue weighted by molar-refractivity contribution is 6.15. The number of hydrogen-bond donors (Lipinski definition) is 0. The second kappa shape index (κ2) is 9.54. The molecule has 1 aliphatic rings. The number of furan rings is 1. The van der Waals surface area contributed by atoms with Crippen molar-refractivity contribution in [2.75, 3.05) is 6.54 Å². The Bertz CT molecular complexity index is 946. The van der Waals surface area contributed by atoms with Gasteiger partial charge in [0.05, 0.1) is 5.71 Å². The molecule has 3 heterocycles. The summed E-state index contributed by atoms with van der Waals surface area (Å²) in [6.45, 7) is 2.97. The molecule has 0 N–H and O–H groups in total. The lowest BCUT2D eigenvalue weighted by Gasteiger charge is -2.15. The Labute approximate surface area is 172 Å². The summed E-state index contributed by atoms with van der Waals surface area (Å²) in [6.07, 6.45) is 7.86. The molecule has 0 fully saturated rings. The van der Waals surface area contributed by atoms with E-state index in [1.165, 1.54) is 11.1 Å². The van der Waals surface area contributed by atoms with Gasteiger partial charge >= 0.3 is 0 Å². The average molecular weight is 401 g/mol. The fourth-order valence-electron chi connectivity index (χ4n) is 3.20. The number of rotatable bonds is 3. The summed E-state index contributed by atoms with van der Waals surface area (Å²) < 4.78 is 6.09. The van der Waals surface area contributed by atoms with Crippen molar-refractivity contribution in [3.05, 3.63) is 83.4 Å². The number of allylic oxidation sites excluding steroid dienone is 1. The monoisotopic (exact) mass is 400 g/mol. The Hall–Kier alpha value is -2.36. The Balaban J connectivity index is 0.00000131. The van der Waals surface area contributed by atoms with Crippen LogP contribution < -0.4 is 0 Å². The van der Waals surface area contributed by atoms with Gasteiger partial charge < -0.3 is 4.42 Å². The summed E-state index contributed by atoms with van der Waals surface area (Å²) in [5.74, 6) is 1.77. The summed E-state index contributed by atoms with van der Waals surface area (Å²) in [5.41, 5.74) is 5.67. The van der Waals surface area contributed by atoms with Gasteiger partial charge in [0, 0.05) is 30.1 Å².